The summed E-state index contributed by atoms with van der Waals surface area (Å²) in [6.45, 7) is 2.57. The van der Waals surface area contributed by atoms with Crippen LogP contribution >= 0.6 is 27.5 Å². The zero-order valence-electron chi connectivity index (χ0n) is 17.7. The van der Waals surface area contributed by atoms with Gasteiger partial charge in [-0.05, 0) is 70.4 Å². The topological polar surface area (TPSA) is 56.1 Å². The largest absolute Gasteiger partial charge is 0.488 e. The van der Waals surface area contributed by atoms with Crippen molar-refractivity contribution < 1.29 is 13.9 Å². The molecule has 0 saturated heterocycles. The third-order valence-corrected chi connectivity index (χ3v) is 5.99. The van der Waals surface area contributed by atoms with E-state index in [1.165, 1.54) is 12.1 Å². The summed E-state index contributed by atoms with van der Waals surface area (Å²) < 4.78 is 21.7. The van der Waals surface area contributed by atoms with Gasteiger partial charge in [-0.2, -0.15) is 5.10 Å². The Balaban J connectivity index is 1.42. The molecule has 0 aliphatic carbocycles. The summed E-state index contributed by atoms with van der Waals surface area (Å²) >= 11 is 9.59. The summed E-state index contributed by atoms with van der Waals surface area (Å²) in [5, 5.41) is 7.60. The van der Waals surface area contributed by atoms with Gasteiger partial charge in [-0.1, -0.05) is 41.9 Å². The number of anilines is 1. The van der Waals surface area contributed by atoms with Gasteiger partial charge >= 0.3 is 0 Å². The minimum atomic E-state index is -0.391. The predicted molar refractivity (Wildman–Crippen MR) is 130 cm³/mol. The van der Waals surface area contributed by atoms with Gasteiger partial charge in [0.1, 0.15) is 18.2 Å². The molecular formula is C25H20BrClFN3O2. The number of aromatic nitrogens is 2. The van der Waals surface area contributed by atoms with Crippen LogP contribution in [0.3, 0.4) is 0 Å². The van der Waals surface area contributed by atoms with E-state index < -0.39 is 5.82 Å². The first-order valence-electron chi connectivity index (χ1n) is 10.1. The number of ether oxygens (including phenoxy) is 1. The van der Waals surface area contributed by atoms with E-state index in [-0.39, 0.29) is 5.91 Å². The maximum atomic E-state index is 13.3. The molecule has 1 amide bonds. The number of carbonyl (C=O) groups excluding carboxylic acids is 1. The fourth-order valence-electron chi connectivity index (χ4n) is 3.26. The van der Waals surface area contributed by atoms with Crippen molar-refractivity contribution in [2.75, 3.05) is 5.32 Å². The van der Waals surface area contributed by atoms with Gasteiger partial charge in [0.15, 0.2) is 5.82 Å². The van der Waals surface area contributed by atoms with Crippen molar-refractivity contribution in [3.63, 3.8) is 0 Å². The van der Waals surface area contributed by atoms with Crippen molar-refractivity contribution in [2.45, 2.75) is 20.1 Å². The Morgan fingerprint density at radius 1 is 1.12 bits per heavy atom. The number of rotatable bonds is 7. The summed E-state index contributed by atoms with van der Waals surface area (Å²) in [7, 11) is 0. The molecule has 5 nitrogen and oxygen atoms in total. The lowest BCUT2D eigenvalue weighted by Gasteiger charge is -2.09. The smallest absolute Gasteiger partial charge is 0.256 e. The Morgan fingerprint density at radius 3 is 2.73 bits per heavy atom. The van der Waals surface area contributed by atoms with Crippen molar-refractivity contribution in [3.05, 3.63) is 110 Å². The van der Waals surface area contributed by atoms with Crippen LogP contribution in [0.2, 0.25) is 5.02 Å². The number of nitrogens with zero attached hydrogens (tertiary/aromatic N) is 2. The summed E-state index contributed by atoms with van der Waals surface area (Å²) in [6.07, 6.45) is 0. The third-order valence-electron chi connectivity index (χ3n) is 4.98. The van der Waals surface area contributed by atoms with Gasteiger partial charge in [-0.3, -0.25) is 9.48 Å². The van der Waals surface area contributed by atoms with E-state index in [1.807, 2.05) is 43.3 Å². The van der Waals surface area contributed by atoms with E-state index in [0.29, 0.717) is 29.6 Å². The SMILES string of the molecule is Cc1cc(NC(=O)c2cccc(COc3ccccc3Br)c2)nn1Cc1ccc(F)cc1Cl. The van der Waals surface area contributed by atoms with Gasteiger partial charge in [0, 0.05) is 22.3 Å². The molecule has 4 aromatic rings. The molecule has 0 radical (unpaired) electrons. The lowest BCUT2D eigenvalue weighted by molar-refractivity contribution is 0.102. The second-order valence-corrected chi connectivity index (χ2v) is 8.70. The Bertz CT molecular complexity index is 1310. The molecule has 1 N–H and O–H groups in total. The first-order chi connectivity index (χ1) is 15.9. The maximum Gasteiger partial charge on any atom is 0.256 e. The summed E-state index contributed by atoms with van der Waals surface area (Å²) in [5.74, 6) is 0.486. The minimum Gasteiger partial charge on any atom is -0.488 e. The first kappa shape index (κ1) is 23.0. The Morgan fingerprint density at radius 2 is 1.94 bits per heavy atom. The normalized spacial score (nSPS) is 10.8. The number of hydrogen-bond donors (Lipinski definition) is 1. The van der Waals surface area contributed by atoms with Crippen LogP contribution in [-0.4, -0.2) is 15.7 Å². The van der Waals surface area contributed by atoms with Crippen molar-refractivity contribution in [1.82, 2.24) is 9.78 Å². The maximum absolute atomic E-state index is 13.3. The second-order valence-electron chi connectivity index (χ2n) is 7.44. The van der Waals surface area contributed by atoms with E-state index in [0.717, 1.165) is 27.0 Å². The first-order valence-corrected chi connectivity index (χ1v) is 11.3. The lowest BCUT2D eigenvalue weighted by Crippen LogP contribution is -2.13. The van der Waals surface area contributed by atoms with Gasteiger partial charge in [-0.15, -0.1) is 0 Å². The quantitative estimate of drug-likeness (QED) is 0.293. The summed E-state index contributed by atoms with van der Waals surface area (Å²) in [5.41, 5.74) is 2.93. The molecule has 1 aromatic heterocycles. The number of aryl methyl sites for hydroxylation is 1. The molecule has 1 heterocycles. The molecule has 0 aliphatic heterocycles. The summed E-state index contributed by atoms with van der Waals surface area (Å²) in [6, 6.07) is 20.9. The average molecular weight is 529 g/mol. The van der Waals surface area contributed by atoms with Gasteiger partial charge in [0.05, 0.1) is 11.0 Å². The van der Waals surface area contributed by atoms with Gasteiger partial charge in [-0.25, -0.2) is 4.39 Å². The predicted octanol–water partition coefficient (Wildman–Crippen LogP) is 6.63. The zero-order valence-corrected chi connectivity index (χ0v) is 20.0. The van der Waals surface area contributed by atoms with Crippen LogP contribution in [0.4, 0.5) is 10.2 Å². The molecule has 0 spiro atoms. The Hall–Kier alpha value is -3.16. The van der Waals surface area contributed by atoms with Crippen LogP contribution in [0.5, 0.6) is 5.75 Å². The molecule has 0 atom stereocenters. The monoisotopic (exact) mass is 527 g/mol. The molecule has 8 heteroatoms. The number of benzene rings is 3. The number of amides is 1. The van der Waals surface area contributed by atoms with Gasteiger partial charge < -0.3 is 10.1 Å². The number of carbonyl (C=O) groups is 1. The van der Waals surface area contributed by atoms with E-state index >= 15 is 0 Å². The van der Waals surface area contributed by atoms with Crippen molar-refractivity contribution in [2.24, 2.45) is 0 Å². The number of para-hydroxylation sites is 1. The van der Waals surface area contributed by atoms with Crippen LogP contribution < -0.4 is 10.1 Å². The van der Waals surface area contributed by atoms with Crippen LogP contribution in [0.25, 0.3) is 0 Å². The minimum absolute atomic E-state index is 0.276. The van der Waals surface area contributed by atoms with E-state index in [1.54, 1.807) is 28.9 Å². The van der Waals surface area contributed by atoms with E-state index in [2.05, 4.69) is 26.3 Å². The molecule has 33 heavy (non-hydrogen) atoms. The highest BCUT2D eigenvalue weighted by Gasteiger charge is 2.12. The molecule has 4 rings (SSSR count). The molecule has 0 fully saturated rings. The summed E-state index contributed by atoms with van der Waals surface area (Å²) in [4.78, 5) is 12.8. The van der Waals surface area contributed by atoms with Crippen LogP contribution in [-0.2, 0) is 13.2 Å². The Labute approximate surface area is 204 Å². The fourth-order valence-corrected chi connectivity index (χ4v) is 3.88. The van der Waals surface area contributed by atoms with Gasteiger partial charge in [0.25, 0.3) is 5.91 Å². The highest BCUT2D eigenvalue weighted by molar-refractivity contribution is 9.10. The van der Waals surface area contributed by atoms with E-state index in [9.17, 15) is 9.18 Å². The third kappa shape index (κ3) is 5.80. The van der Waals surface area contributed by atoms with Crippen LogP contribution in [0.1, 0.15) is 27.2 Å². The van der Waals surface area contributed by atoms with Gasteiger partial charge in [0.2, 0.25) is 0 Å². The molecular weight excluding hydrogens is 509 g/mol. The molecule has 0 bridgehead atoms. The number of halogens is 3. The highest BCUT2D eigenvalue weighted by atomic mass is 79.9. The van der Waals surface area contributed by atoms with Crippen molar-refractivity contribution in [1.29, 1.82) is 0 Å². The standard InChI is InChI=1S/C25H20BrClFN3O2/c1-16-11-24(30-31(16)14-19-9-10-20(28)13-22(19)27)29-25(32)18-6-4-5-17(12-18)15-33-23-8-3-2-7-21(23)26/h2-13H,14-15H2,1H3,(H,29,30,32). The van der Waals surface area contributed by atoms with Crippen LogP contribution in [0, 0.1) is 12.7 Å². The molecule has 168 valence electrons. The molecule has 0 unspecified atom stereocenters. The fraction of sp³-hybridized carbons (Fsp3) is 0.120. The van der Waals surface area contributed by atoms with Crippen LogP contribution in [0.15, 0.2) is 77.3 Å². The number of nitrogens with one attached hydrogen (secondary N) is 1. The van der Waals surface area contributed by atoms with E-state index in [4.69, 9.17) is 16.3 Å². The van der Waals surface area contributed by atoms with Crippen molar-refractivity contribution in [3.8, 4) is 5.75 Å². The molecule has 0 aliphatic rings. The molecule has 3 aromatic carbocycles. The molecule has 0 saturated carbocycles. The zero-order chi connectivity index (χ0) is 23.4. The number of hydrogen-bond acceptors (Lipinski definition) is 3. The second kappa shape index (κ2) is 10.2. The highest BCUT2D eigenvalue weighted by Crippen LogP contribution is 2.25. The Kier molecular flexibility index (Phi) is 7.11. The van der Waals surface area contributed by atoms with Crippen molar-refractivity contribution >= 4 is 39.3 Å². The average Bonchev–Trinajstić information content (AvgIpc) is 3.13. The lowest BCUT2D eigenvalue weighted by atomic mass is 10.1.